The number of amides is 1. The van der Waals surface area contributed by atoms with Gasteiger partial charge in [-0.2, -0.15) is 0 Å². The molecule has 0 spiro atoms. The number of carbonyl (C=O) groups is 1. The standard InChI is InChI=1S/C12H11N3O2S2/c1-8-11(19-15-14-8)12(17)13-6-10-5-9(7-18-10)3-2-4-16/h5,7,16H,4,6H2,1H3,(H,13,17). The minimum absolute atomic E-state index is 0.153. The van der Waals surface area contributed by atoms with Crippen LogP contribution in [0.1, 0.15) is 25.8 Å². The maximum absolute atomic E-state index is 11.8. The maximum atomic E-state index is 11.8. The summed E-state index contributed by atoms with van der Waals surface area (Å²) in [4.78, 5) is 13.4. The van der Waals surface area contributed by atoms with Crippen molar-refractivity contribution < 1.29 is 9.90 Å². The molecule has 0 aromatic carbocycles. The van der Waals surface area contributed by atoms with Gasteiger partial charge in [0.1, 0.15) is 11.5 Å². The number of thiophene rings is 1. The lowest BCUT2D eigenvalue weighted by molar-refractivity contribution is 0.0954. The number of nitrogens with zero attached hydrogens (tertiary/aromatic N) is 2. The van der Waals surface area contributed by atoms with Crippen LogP contribution in [0.15, 0.2) is 11.4 Å². The van der Waals surface area contributed by atoms with Gasteiger partial charge in [-0.3, -0.25) is 4.79 Å². The molecule has 2 N–H and O–H groups in total. The number of nitrogens with one attached hydrogen (secondary N) is 1. The number of aryl methyl sites for hydroxylation is 1. The highest BCUT2D eigenvalue weighted by molar-refractivity contribution is 7.10. The van der Waals surface area contributed by atoms with Gasteiger partial charge in [-0.05, 0) is 24.5 Å². The monoisotopic (exact) mass is 293 g/mol. The van der Waals surface area contributed by atoms with Gasteiger partial charge in [-0.15, -0.1) is 16.4 Å². The summed E-state index contributed by atoms with van der Waals surface area (Å²) in [6.07, 6.45) is 0. The second-order valence-corrected chi connectivity index (χ2v) is 5.38. The zero-order valence-electron chi connectivity index (χ0n) is 10.1. The summed E-state index contributed by atoms with van der Waals surface area (Å²) in [7, 11) is 0. The fraction of sp³-hybridized carbons (Fsp3) is 0.250. The molecule has 2 aromatic heterocycles. The zero-order chi connectivity index (χ0) is 13.7. The van der Waals surface area contributed by atoms with Gasteiger partial charge in [0.15, 0.2) is 0 Å². The molecule has 0 radical (unpaired) electrons. The van der Waals surface area contributed by atoms with Crippen molar-refractivity contribution in [1.29, 1.82) is 0 Å². The van der Waals surface area contributed by atoms with Gasteiger partial charge in [0.05, 0.1) is 12.2 Å². The van der Waals surface area contributed by atoms with Crippen LogP contribution in [0.2, 0.25) is 0 Å². The summed E-state index contributed by atoms with van der Waals surface area (Å²) in [6, 6.07) is 1.89. The Labute approximate surface area is 118 Å². The Kier molecular flexibility index (Phi) is 4.63. The van der Waals surface area contributed by atoms with Crippen molar-refractivity contribution in [3.63, 3.8) is 0 Å². The molecule has 2 rings (SSSR count). The van der Waals surface area contributed by atoms with Crippen molar-refractivity contribution >= 4 is 28.8 Å². The Morgan fingerprint density at radius 3 is 3.11 bits per heavy atom. The lowest BCUT2D eigenvalue weighted by Crippen LogP contribution is -2.22. The molecule has 0 atom stereocenters. The topological polar surface area (TPSA) is 75.1 Å². The Balaban J connectivity index is 1.94. The predicted molar refractivity (Wildman–Crippen MR) is 74.1 cm³/mol. The molecule has 0 aliphatic carbocycles. The summed E-state index contributed by atoms with van der Waals surface area (Å²) >= 11 is 2.61. The fourth-order valence-electron chi connectivity index (χ4n) is 1.37. The minimum atomic E-state index is -0.163. The van der Waals surface area contributed by atoms with E-state index < -0.39 is 0 Å². The molecule has 0 saturated heterocycles. The van der Waals surface area contributed by atoms with Crippen LogP contribution in [-0.2, 0) is 6.54 Å². The summed E-state index contributed by atoms with van der Waals surface area (Å²) in [5.74, 6) is 5.24. The Hall–Kier alpha value is -1.75. The average molecular weight is 293 g/mol. The highest BCUT2D eigenvalue weighted by atomic mass is 32.1. The second kappa shape index (κ2) is 6.43. The zero-order valence-corrected chi connectivity index (χ0v) is 11.8. The van der Waals surface area contributed by atoms with E-state index in [-0.39, 0.29) is 12.5 Å². The van der Waals surface area contributed by atoms with Gasteiger partial charge in [0.25, 0.3) is 5.91 Å². The number of rotatable bonds is 3. The molecule has 5 nitrogen and oxygen atoms in total. The third-order valence-electron chi connectivity index (χ3n) is 2.25. The number of aromatic nitrogens is 2. The fourth-order valence-corrected chi connectivity index (χ4v) is 2.70. The predicted octanol–water partition coefficient (Wildman–Crippen LogP) is 1.18. The summed E-state index contributed by atoms with van der Waals surface area (Å²) < 4.78 is 3.73. The van der Waals surface area contributed by atoms with Crippen LogP contribution in [0.5, 0.6) is 0 Å². The molecule has 0 aliphatic heterocycles. The summed E-state index contributed by atoms with van der Waals surface area (Å²) in [5, 5.41) is 17.1. The van der Waals surface area contributed by atoms with E-state index in [1.165, 1.54) is 11.3 Å². The highest BCUT2D eigenvalue weighted by Crippen LogP contribution is 2.14. The van der Waals surface area contributed by atoms with Crippen molar-refractivity contribution in [3.8, 4) is 11.8 Å². The molecule has 98 valence electrons. The van der Waals surface area contributed by atoms with E-state index in [2.05, 4.69) is 26.7 Å². The maximum Gasteiger partial charge on any atom is 0.265 e. The number of carbonyl (C=O) groups excluding carboxylic acids is 1. The third-order valence-corrected chi connectivity index (χ3v) is 4.01. The molecule has 0 aliphatic rings. The molecule has 2 heterocycles. The molecule has 2 aromatic rings. The van der Waals surface area contributed by atoms with Crippen molar-refractivity contribution in [2.75, 3.05) is 6.61 Å². The lowest BCUT2D eigenvalue weighted by atomic mass is 10.3. The molecule has 0 unspecified atom stereocenters. The first-order valence-electron chi connectivity index (χ1n) is 5.45. The van der Waals surface area contributed by atoms with Gasteiger partial charge in [-0.1, -0.05) is 16.3 Å². The normalized spacial score (nSPS) is 9.79. The van der Waals surface area contributed by atoms with E-state index in [0.717, 1.165) is 22.0 Å². The van der Waals surface area contributed by atoms with Crippen molar-refractivity contribution in [2.45, 2.75) is 13.5 Å². The van der Waals surface area contributed by atoms with Crippen LogP contribution in [0.25, 0.3) is 0 Å². The van der Waals surface area contributed by atoms with Crippen molar-refractivity contribution in [2.24, 2.45) is 0 Å². The van der Waals surface area contributed by atoms with E-state index in [1.807, 2.05) is 11.4 Å². The Bertz CT molecular complexity index is 637. The smallest absolute Gasteiger partial charge is 0.265 e. The number of hydrogen-bond donors (Lipinski definition) is 2. The lowest BCUT2D eigenvalue weighted by Gasteiger charge is -2.00. The molecular formula is C12H11N3O2S2. The van der Waals surface area contributed by atoms with Gasteiger partial charge in [0, 0.05) is 15.8 Å². The van der Waals surface area contributed by atoms with Crippen LogP contribution in [0.4, 0.5) is 0 Å². The number of hydrogen-bond acceptors (Lipinski definition) is 6. The van der Waals surface area contributed by atoms with E-state index in [1.54, 1.807) is 6.92 Å². The van der Waals surface area contributed by atoms with Crippen LogP contribution in [0, 0.1) is 18.8 Å². The van der Waals surface area contributed by atoms with Crippen LogP contribution >= 0.6 is 22.9 Å². The SMILES string of the molecule is Cc1nnsc1C(=O)NCc1cc(C#CCO)cs1. The number of aliphatic hydroxyl groups excluding tert-OH is 1. The molecular weight excluding hydrogens is 282 g/mol. The van der Waals surface area contributed by atoms with Gasteiger partial charge in [0.2, 0.25) is 0 Å². The molecule has 19 heavy (non-hydrogen) atoms. The Morgan fingerprint density at radius 1 is 1.58 bits per heavy atom. The van der Waals surface area contributed by atoms with Gasteiger partial charge < -0.3 is 10.4 Å². The molecule has 0 fully saturated rings. The quantitative estimate of drug-likeness (QED) is 0.833. The first-order valence-corrected chi connectivity index (χ1v) is 7.10. The number of aliphatic hydroxyl groups is 1. The van der Waals surface area contributed by atoms with E-state index in [0.29, 0.717) is 17.1 Å². The average Bonchev–Trinajstić information content (AvgIpc) is 3.02. The second-order valence-electron chi connectivity index (χ2n) is 3.63. The third kappa shape index (κ3) is 3.61. The van der Waals surface area contributed by atoms with Crippen LogP contribution < -0.4 is 5.32 Å². The van der Waals surface area contributed by atoms with Crippen LogP contribution in [0.3, 0.4) is 0 Å². The van der Waals surface area contributed by atoms with E-state index in [9.17, 15) is 4.79 Å². The first kappa shape index (κ1) is 13.7. The molecule has 7 heteroatoms. The van der Waals surface area contributed by atoms with Crippen molar-refractivity contribution in [3.05, 3.63) is 32.5 Å². The molecule has 0 saturated carbocycles. The summed E-state index contributed by atoms with van der Waals surface area (Å²) in [6.45, 7) is 2.05. The summed E-state index contributed by atoms with van der Waals surface area (Å²) in [5.41, 5.74) is 1.49. The highest BCUT2D eigenvalue weighted by Gasteiger charge is 2.12. The minimum Gasteiger partial charge on any atom is -0.384 e. The van der Waals surface area contributed by atoms with Gasteiger partial charge in [-0.25, -0.2) is 0 Å². The first-order chi connectivity index (χ1) is 9.20. The molecule has 0 bridgehead atoms. The largest absolute Gasteiger partial charge is 0.384 e. The van der Waals surface area contributed by atoms with Gasteiger partial charge >= 0.3 is 0 Å². The van der Waals surface area contributed by atoms with Crippen LogP contribution in [-0.4, -0.2) is 27.2 Å². The Morgan fingerprint density at radius 2 is 2.42 bits per heavy atom. The van der Waals surface area contributed by atoms with E-state index >= 15 is 0 Å². The molecule has 1 amide bonds. The van der Waals surface area contributed by atoms with Crippen molar-refractivity contribution in [1.82, 2.24) is 14.9 Å². The van der Waals surface area contributed by atoms with E-state index in [4.69, 9.17) is 5.11 Å².